The molecule has 0 fully saturated rings. The van der Waals surface area contributed by atoms with E-state index in [-0.39, 0.29) is 12.1 Å². The molecule has 13 heavy (non-hydrogen) atoms. The van der Waals surface area contributed by atoms with Gasteiger partial charge in [0.15, 0.2) is 0 Å². The summed E-state index contributed by atoms with van der Waals surface area (Å²) in [5, 5.41) is 20.4. The normalized spacial score (nSPS) is 14.9. The standard InChI is InChI=1S/C9H18N2OS/c1-9(8-10,11-2)4-3-6-13-7-5-12/h11-12H,3-7H2,1-2H3. The molecule has 0 bridgehead atoms. The third-order valence-corrected chi connectivity index (χ3v) is 3.05. The van der Waals surface area contributed by atoms with Gasteiger partial charge < -0.3 is 10.4 Å². The van der Waals surface area contributed by atoms with Crippen LogP contribution in [0.2, 0.25) is 0 Å². The lowest BCUT2D eigenvalue weighted by Crippen LogP contribution is -2.37. The molecule has 0 spiro atoms. The van der Waals surface area contributed by atoms with E-state index in [2.05, 4.69) is 11.4 Å². The van der Waals surface area contributed by atoms with Crippen LogP contribution in [-0.4, -0.2) is 35.8 Å². The third-order valence-electron chi connectivity index (χ3n) is 2.00. The Kier molecular flexibility index (Phi) is 7.06. The summed E-state index contributed by atoms with van der Waals surface area (Å²) in [5.41, 5.74) is -0.389. The highest BCUT2D eigenvalue weighted by atomic mass is 32.2. The van der Waals surface area contributed by atoms with Crippen LogP contribution in [0.5, 0.6) is 0 Å². The van der Waals surface area contributed by atoms with Crippen molar-refractivity contribution >= 4 is 11.8 Å². The molecule has 0 heterocycles. The van der Waals surface area contributed by atoms with E-state index in [4.69, 9.17) is 10.4 Å². The average Bonchev–Trinajstić information content (AvgIpc) is 2.17. The second-order valence-electron chi connectivity index (χ2n) is 3.13. The first-order valence-corrected chi connectivity index (χ1v) is 5.63. The Morgan fingerprint density at radius 1 is 1.54 bits per heavy atom. The van der Waals surface area contributed by atoms with Crippen molar-refractivity contribution in [3.63, 3.8) is 0 Å². The molecule has 0 aliphatic carbocycles. The van der Waals surface area contributed by atoms with Crippen molar-refractivity contribution in [2.24, 2.45) is 0 Å². The number of nitrogens with one attached hydrogen (secondary N) is 1. The lowest BCUT2D eigenvalue weighted by Gasteiger charge is -2.19. The molecule has 0 aromatic rings. The summed E-state index contributed by atoms with van der Waals surface area (Å²) in [6.07, 6.45) is 1.87. The van der Waals surface area contributed by atoms with Crippen LogP contribution in [0, 0.1) is 11.3 Å². The van der Waals surface area contributed by atoms with Gasteiger partial charge in [-0.05, 0) is 32.6 Å². The molecule has 0 radical (unpaired) electrons. The Hall–Kier alpha value is -0.240. The van der Waals surface area contributed by atoms with Gasteiger partial charge in [0.25, 0.3) is 0 Å². The Bertz CT molecular complexity index is 169. The zero-order valence-corrected chi connectivity index (χ0v) is 9.15. The molecule has 0 saturated heterocycles. The molecule has 1 unspecified atom stereocenters. The van der Waals surface area contributed by atoms with Crippen LogP contribution >= 0.6 is 11.8 Å². The lowest BCUT2D eigenvalue weighted by atomic mass is 9.99. The van der Waals surface area contributed by atoms with Crippen molar-refractivity contribution in [1.82, 2.24) is 5.32 Å². The van der Waals surface area contributed by atoms with Crippen LogP contribution in [0.25, 0.3) is 0 Å². The second kappa shape index (κ2) is 7.19. The highest BCUT2D eigenvalue weighted by Gasteiger charge is 2.19. The Balaban J connectivity index is 3.46. The van der Waals surface area contributed by atoms with E-state index in [0.717, 1.165) is 24.3 Å². The number of rotatable bonds is 7. The molecule has 3 nitrogen and oxygen atoms in total. The average molecular weight is 202 g/mol. The fourth-order valence-electron chi connectivity index (χ4n) is 0.931. The molecular formula is C9H18N2OS. The predicted octanol–water partition coefficient (Wildman–Crippen LogP) is 0.994. The van der Waals surface area contributed by atoms with Crippen molar-refractivity contribution in [1.29, 1.82) is 5.26 Å². The lowest BCUT2D eigenvalue weighted by molar-refractivity contribution is 0.322. The van der Waals surface area contributed by atoms with Gasteiger partial charge >= 0.3 is 0 Å². The van der Waals surface area contributed by atoms with E-state index in [1.165, 1.54) is 0 Å². The molecule has 0 amide bonds. The smallest absolute Gasteiger partial charge is 0.103 e. The first-order chi connectivity index (χ1) is 6.18. The van der Waals surface area contributed by atoms with Gasteiger partial charge in [-0.25, -0.2) is 0 Å². The largest absolute Gasteiger partial charge is 0.396 e. The second-order valence-corrected chi connectivity index (χ2v) is 4.36. The summed E-state index contributed by atoms with van der Waals surface area (Å²) < 4.78 is 0. The number of nitrogens with zero attached hydrogens (tertiary/aromatic N) is 1. The molecule has 76 valence electrons. The van der Waals surface area contributed by atoms with Crippen molar-refractivity contribution < 1.29 is 5.11 Å². The zero-order chi connectivity index (χ0) is 10.2. The van der Waals surface area contributed by atoms with Gasteiger partial charge in [-0.2, -0.15) is 17.0 Å². The van der Waals surface area contributed by atoms with Crippen LogP contribution in [0.3, 0.4) is 0 Å². The van der Waals surface area contributed by atoms with Crippen molar-refractivity contribution in [2.45, 2.75) is 25.3 Å². The molecule has 2 N–H and O–H groups in total. The molecule has 0 aromatic carbocycles. The third kappa shape index (κ3) is 5.92. The number of thioether (sulfide) groups is 1. The van der Waals surface area contributed by atoms with Crippen molar-refractivity contribution in [3.05, 3.63) is 0 Å². The van der Waals surface area contributed by atoms with E-state index < -0.39 is 0 Å². The van der Waals surface area contributed by atoms with Gasteiger partial charge in [0.2, 0.25) is 0 Å². The van der Waals surface area contributed by atoms with E-state index >= 15 is 0 Å². The van der Waals surface area contributed by atoms with E-state index in [1.807, 2.05) is 14.0 Å². The van der Waals surface area contributed by atoms with E-state index in [9.17, 15) is 0 Å². The van der Waals surface area contributed by atoms with Gasteiger partial charge in [0, 0.05) is 5.75 Å². The Morgan fingerprint density at radius 3 is 2.69 bits per heavy atom. The Morgan fingerprint density at radius 2 is 2.23 bits per heavy atom. The summed E-state index contributed by atoms with van der Waals surface area (Å²) in [5.74, 6) is 1.81. The van der Waals surface area contributed by atoms with Crippen LogP contribution in [0.15, 0.2) is 0 Å². The van der Waals surface area contributed by atoms with Crippen LogP contribution < -0.4 is 5.32 Å². The number of aliphatic hydroxyl groups is 1. The molecule has 0 aliphatic rings. The maximum atomic E-state index is 8.83. The molecule has 0 saturated carbocycles. The fraction of sp³-hybridized carbons (Fsp3) is 0.889. The fourth-order valence-corrected chi connectivity index (χ4v) is 1.61. The summed E-state index contributed by atoms with van der Waals surface area (Å²) in [6, 6.07) is 2.25. The van der Waals surface area contributed by atoms with Gasteiger partial charge in [0.1, 0.15) is 5.54 Å². The van der Waals surface area contributed by atoms with E-state index in [1.54, 1.807) is 11.8 Å². The SMILES string of the molecule is CNC(C)(C#N)CCCSCCO. The van der Waals surface area contributed by atoms with Crippen LogP contribution in [0.4, 0.5) is 0 Å². The summed E-state index contributed by atoms with van der Waals surface area (Å²) >= 11 is 1.73. The van der Waals surface area contributed by atoms with Crippen molar-refractivity contribution in [2.75, 3.05) is 25.2 Å². The zero-order valence-electron chi connectivity index (χ0n) is 8.34. The molecule has 0 rings (SSSR count). The van der Waals surface area contributed by atoms with Gasteiger partial charge in [-0.3, -0.25) is 0 Å². The summed E-state index contributed by atoms with van der Waals surface area (Å²) in [6.45, 7) is 2.15. The first-order valence-electron chi connectivity index (χ1n) is 4.47. The predicted molar refractivity (Wildman–Crippen MR) is 56.7 cm³/mol. The summed E-state index contributed by atoms with van der Waals surface area (Å²) in [4.78, 5) is 0. The van der Waals surface area contributed by atoms with Crippen LogP contribution in [-0.2, 0) is 0 Å². The molecule has 0 aromatic heterocycles. The molecule has 1 atom stereocenters. The van der Waals surface area contributed by atoms with Gasteiger partial charge in [-0.15, -0.1) is 0 Å². The minimum atomic E-state index is -0.389. The number of hydrogen-bond acceptors (Lipinski definition) is 4. The number of nitriles is 1. The highest BCUT2D eigenvalue weighted by molar-refractivity contribution is 7.99. The van der Waals surface area contributed by atoms with Crippen molar-refractivity contribution in [3.8, 4) is 6.07 Å². The van der Waals surface area contributed by atoms with Gasteiger partial charge in [-0.1, -0.05) is 0 Å². The molecule has 0 aliphatic heterocycles. The molecular weight excluding hydrogens is 184 g/mol. The maximum absolute atomic E-state index is 8.83. The molecule has 4 heteroatoms. The first kappa shape index (κ1) is 12.8. The van der Waals surface area contributed by atoms with Gasteiger partial charge in [0.05, 0.1) is 12.7 Å². The van der Waals surface area contributed by atoms with Crippen LogP contribution in [0.1, 0.15) is 19.8 Å². The number of hydrogen-bond donors (Lipinski definition) is 2. The maximum Gasteiger partial charge on any atom is 0.103 e. The monoisotopic (exact) mass is 202 g/mol. The topological polar surface area (TPSA) is 56.0 Å². The number of aliphatic hydroxyl groups excluding tert-OH is 1. The minimum absolute atomic E-state index is 0.242. The highest BCUT2D eigenvalue weighted by Crippen LogP contribution is 2.13. The Labute approximate surface area is 84.5 Å². The minimum Gasteiger partial charge on any atom is -0.396 e. The van der Waals surface area contributed by atoms with E-state index in [0.29, 0.717) is 0 Å². The quantitative estimate of drug-likeness (QED) is 0.605. The summed E-state index contributed by atoms with van der Waals surface area (Å²) in [7, 11) is 1.81.